The summed E-state index contributed by atoms with van der Waals surface area (Å²) in [5.41, 5.74) is 3.13. The zero-order chi connectivity index (χ0) is 11.0. The van der Waals surface area contributed by atoms with Crippen LogP contribution in [0.3, 0.4) is 0 Å². The number of aryl methyl sites for hydroxylation is 2. The van der Waals surface area contributed by atoms with E-state index < -0.39 is 0 Å². The Kier molecular flexibility index (Phi) is 2.11. The molecule has 1 heterocycles. The number of rotatable bonds is 0. The number of hydrogen-bond donors (Lipinski definition) is 0. The number of fused-ring (bicyclic) bond motifs is 1. The topological polar surface area (TPSA) is 53.9 Å². The van der Waals surface area contributed by atoms with Crippen molar-refractivity contribution in [2.75, 3.05) is 0 Å². The zero-order valence-corrected chi connectivity index (χ0v) is 9.01. The van der Waals surface area contributed by atoms with Gasteiger partial charge in [0.2, 0.25) is 5.69 Å². The van der Waals surface area contributed by atoms with Crippen molar-refractivity contribution in [1.29, 1.82) is 5.26 Å². The van der Waals surface area contributed by atoms with E-state index in [2.05, 4.69) is 20.5 Å². The normalized spacial score (nSPS) is 9.87. The molecule has 0 radical (unpaired) electrons. The lowest BCUT2D eigenvalue weighted by molar-refractivity contribution is 1.19. The third-order valence-electron chi connectivity index (χ3n) is 2.37. The van der Waals surface area contributed by atoms with Crippen molar-refractivity contribution in [3.8, 4) is 6.07 Å². The summed E-state index contributed by atoms with van der Waals surface area (Å²) in [6, 6.07) is 2.07. The Morgan fingerprint density at radius 3 is 2.73 bits per heavy atom. The summed E-state index contributed by atoms with van der Waals surface area (Å²) in [6.45, 7) is 10.7. The molecule has 0 aliphatic rings. The molecule has 1 aromatic carbocycles. The second-order valence-electron chi connectivity index (χ2n) is 3.15. The maximum absolute atomic E-state index is 9.02. The Morgan fingerprint density at radius 1 is 1.40 bits per heavy atom. The molecule has 1 aromatic heterocycles. The van der Waals surface area contributed by atoms with Gasteiger partial charge in [-0.25, -0.2) is 4.85 Å². The average molecular weight is 214 g/mol. The molecule has 0 unspecified atom stereocenters. The molecule has 72 valence electrons. The highest BCUT2D eigenvalue weighted by atomic mass is 32.1. The van der Waals surface area contributed by atoms with E-state index in [9.17, 15) is 0 Å². The van der Waals surface area contributed by atoms with Gasteiger partial charge in [0.15, 0.2) is 0 Å². The second kappa shape index (κ2) is 3.30. The molecular weight excluding hydrogens is 208 g/mol. The minimum atomic E-state index is 0.398. The fourth-order valence-corrected chi connectivity index (χ4v) is 2.27. The quantitative estimate of drug-likeness (QED) is 0.633. The molecule has 0 N–H and O–H groups in total. The van der Waals surface area contributed by atoms with Crippen LogP contribution >= 0.6 is 11.5 Å². The van der Waals surface area contributed by atoms with Crippen molar-refractivity contribution in [3.05, 3.63) is 28.1 Å². The van der Waals surface area contributed by atoms with Gasteiger partial charge in [-0.05, 0) is 36.5 Å². The van der Waals surface area contributed by atoms with Crippen molar-refractivity contribution >= 4 is 27.4 Å². The monoisotopic (exact) mass is 214 g/mol. The number of hydrogen-bond acceptors (Lipinski definition) is 4. The first-order valence-corrected chi connectivity index (χ1v) is 5.00. The lowest BCUT2D eigenvalue weighted by Crippen LogP contribution is -1.88. The van der Waals surface area contributed by atoms with E-state index >= 15 is 0 Å². The first kappa shape index (κ1) is 9.57. The minimum absolute atomic E-state index is 0.398. The van der Waals surface area contributed by atoms with Crippen molar-refractivity contribution < 1.29 is 0 Å². The van der Waals surface area contributed by atoms with E-state index in [4.69, 9.17) is 11.8 Å². The van der Waals surface area contributed by atoms with Gasteiger partial charge in [-0.3, -0.25) is 0 Å². The first-order valence-electron chi connectivity index (χ1n) is 4.23. The van der Waals surface area contributed by atoms with Crippen LogP contribution in [-0.2, 0) is 0 Å². The summed E-state index contributed by atoms with van der Waals surface area (Å²) in [6.07, 6.45) is 0. The lowest BCUT2D eigenvalue weighted by Gasteiger charge is -2.04. The number of nitrogens with zero attached hydrogens (tertiary/aromatic N) is 4. The number of benzene rings is 1. The van der Waals surface area contributed by atoms with Gasteiger partial charge in [0, 0.05) is 0 Å². The summed E-state index contributed by atoms with van der Waals surface area (Å²) in [5, 5.41) is 13.0. The van der Waals surface area contributed by atoms with Gasteiger partial charge in [0.25, 0.3) is 0 Å². The third kappa shape index (κ3) is 1.18. The molecule has 0 saturated heterocycles. The Labute approximate surface area is 90.8 Å². The second-order valence-corrected chi connectivity index (χ2v) is 3.90. The van der Waals surface area contributed by atoms with E-state index in [1.54, 1.807) is 6.92 Å². The molecule has 0 fully saturated rings. The predicted molar refractivity (Wildman–Crippen MR) is 57.9 cm³/mol. The van der Waals surface area contributed by atoms with Gasteiger partial charge in [0.1, 0.15) is 0 Å². The van der Waals surface area contributed by atoms with Crippen LogP contribution in [0.2, 0.25) is 0 Å². The minimum Gasteiger partial charge on any atom is -0.236 e. The Morgan fingerprint density at radius 2 is 2.13 bits per heavy atom. The van der Waals surface area contributed by atoms with Crippen LogP contribution in [-0.4, -0.2) is 9.59 Å². The van der Waals surface area contributed by atoms with Crippen LogP contribution in [0.4, 0.5) is 5.69 Å². The summed E-state index contributed by atoms with van der Waals surface area (Å²) in [5.74, 6) is 0. The molecule has 4 nitrogen and oxygen atoms in total. The van der Waals surface area contributed by atoms with E-state index in [1.165, 1.54) is 11.5 Å². The van der Waals surface area contributed by atoms with Crippen molar-refractivity contribution in [1.82, 2.24) is 9.59 Å². The molecule has 15 heavy (non-hydrogen) atoms. The van der Waals surface area contributed by atoms with Gasteiger partial charge in [0.05, 0.1) is 28.4 Å². The highest BCUT2D eigenvalue weighted by Crippen LogP contribution is 2.35. The van der Waals surface area contributed by atoms with Gasteiger partial charge in [-0.1, -0.05) is 4.49 Å². The van der Waals surface area contributed by atoms with Crippen LogP contribution in [0.25, 0.3) is 15.1 Å². The number of aromatic nitrogens is 2. The molecule has 0 spiro atoms. The fourth-order valence-electron chi connectivity index (χ4n) is 1.55. The third-order valence-corrected chi connectivity index (χ3v) is 3.22. The Bertz CT molecular complexity index is 573. The van der Waals surface area contributed by atoms with Crippen LogP contribution in [0.5, 0.6) is 0 Å². The van der Waals surface area contributed by atoms with Crippen LogP contribution in [0.1, 0.15) is 16.7 Å². The van der Waals surface area contributed by atoms with E-state index in [1.807, 2.05) is 6.92 Å². The maximum atomic E-state index is 9.02. The zero-order valence-electron chi connectivity index (χ0n) is 8.20. The summed E-state index contributed by atoms with van der Waals surface area (Å²) < 4.78 is 4.75. The lowest BCUT2D eigenvalue weighted by atomic mass is 10.0. The molecule has 2 aromatic rings. The molecule has 2 rings (SSSR count). The van der Waals surface area contributed by atoms with Crippen LogP contribution in [0, 0.1) is 31.8 Å². The number of nitriles is 1. The highest BCUT2D eigenvalue weighted by molar-refractivity contribution is 7.13. The van der Waals surface area contributed by atoms with Crippen LogP contribution in [0.15, 0.2) is 0 Å². The van der Waals surface area contributed by atoms with Crippen molar-refractivity contribution in [2.24, 2.45) is 0 Å². The molecule has 5 heteroatoms. The molecule has 0 aliphatic heterocycles. The average Bonchev–Trinajstić information content (AvgIpc) is 2.72. The molecular formula is C10H6N4S. The first-order chi connectivity index (χ1) is 7.20. The summed E-state index contributed by atoms with van der Waals surface area (Å²) in [4.78, 5) is 3.40. The molecule has 0 bridgehead atoms. The maximum Gasteiger partial charge on any atom is 0.210 e. The highest BCUT2D eigenvalue weighted by Gasteiger charge is 2.16. The Balaban J connectivity index is 3.07. The SMILES string of the molecule is [C-]#[N+]c1c(C#N)c(C)c2snnc2c1C. The van der Waals surface area contributed by atoms with Crippen molar-refractivity contribution in [3.63, 3.8) is 0 Å². The Hall–Kier alpha value is -1.98. The predicted octanol–water partition coefficient (Wildman–Crippen LogP) is 2.73. The molecule has 0 saturated carbocycles. The molecule has 0 atom stereocenters. The summed E-state index contributed by atoms with van der Waals surface area (Å²) in [7, 11) is 0. The van der Waals surface area contributed by atoms with Gasteiger partial charge >= 0.3 is 0 Å². The fraction of sp³-hybridized carbons (Fsp3) is 0.200. The smallest absolute Gasteiger partial charge is 0.210 e. The largest absolute Gasteiger partial charge is 0.236 e. The molecule has 0 amide bonds. The van der Waals surface area contributed by atoms with Crippen molar-refractivity contribution in [2.45, 2.75) is 13.8 Å². The van der Waals surface area contributed by atoms with Gasteiger partial charge in [-0.15, -0.1) is 5.10 Å². The molecule has 0 aliphatic carbocycles. The van der Waals surface area contributed by atoms with Gasteiger partial charge < -0.3 is 0 Å². The summed E-state index contributed by atoms with van der Waals surface area (Å²) >= 11 is 1.26. The standard InChI is InChI=1S/C10H6N4S/c1-5-7(4-11)8(12-3)6(2)9-10(5)15-14-13-9/h1-2H3. The van der Waals surface area contributed by atoms with E-state index in [-0.39, 0.29) is 0 Å². The van der Waals surface area contributed by atoms with E-state index in [0.717, 1.165) is 21.3 Å². The van der Waals surface area contributed by atoms with Crippen LogP contribution < -0.4 is 0 Å². The van der Waals surface area contributed by atoms with Gasteiger partial charge in [-0.2, -0.15) is 5.26 Å². The van der Waals surface area contributed by atoms with E-state index in [0.29, 0.717) is 11.3 Å².